The lowest BCUT2D eigenvalue weighted by Gasteiger charge is -2.14. The highest BCUT2D eigenvalue weighted by Crippen LogP contribution is 2.26. The summed E-state index contributed by atoms with van der Waals surface area (Å²) < 4.78 is 10.7. The minimum atomic E-state index is 0.631. The van der Waals surface area contributed by atoms with Gasteiger partial charge in [-0.15, -0.1) is 0 Å². The molecule has 0 bridgehead atoms. The molecule has 1 heterocycles. The van der Waals surface area contributed by atoms with Crippen LogP contribution in [0.25, 0.3) is 0 Å². The summed E-state index contributed by atoms with van der Waals surface area (Å²) in [6, 6.07) is 6.22. The Morgan fingerprint density at radius 2 is 2.38 bits per heavy atom. The molecule has 1 aromatic rings. The SMILES string of the molecule is COc1cc(C)ccc1NCC1CCOC1. The summed E-state index contributed by atoms with van der Waals surface area (Å²) in [6.45, 7) is 4.80. The molecule has 0 saturated carbocycles. The highest BCUT2D eigenvalue weighted by molar-refractivity contribution is 5.57. The third-order valence-electron chi connectivity index (χ3n) is 2.96. The van der Waals surface area contributed by atoms with Crippen molar-refractivity contribution in [2.75, 3.05) is 32.2 Å². The lowest BCUT2D eigenvalue weighted by molar-refractivity contribution is 0.187. The van der Waals surface area contributed by atoms with Crippen LogP contribution in [0.5, 0.6) is 5.75 Å². The largest absolute Gasteiger partial charge is 0.495 e. The van der Waals surface area contributed by atoms with Crippen molar-refractivity contribution in [2.24, 2.45) is 5.92 Å². The lowest BCUT2D eigenvalue weighted by atomic mass is 10.1. The van der Waals surface area contributed by atoms with Crippen LogP contribution < -0.4 is 10.1 Å². The Morgan fingerprint density at radius 1 is 1.50 bits per heavy atom. The van der Waals surface area contributed by atoms with Gasteiger partial charge in [-0.25, -0.2) is 0 Å². The number of benzene rings is 1. The summed E-state index contributed by atoms with van der Waals surface area (Å²) in [5, 5.41) is 3.43. The van der Waals surface area contributed by atoms with Crippen LogP contribution >= 0.6 is 0 Å². The molecule has 88 valence electrons. The van der Waals surface area contributed by atoms with Gasteiger partial charge in [-0.3, -0.25) is 0 Å². The molecule has 0 amide bonds. The Morgan fingerprint density at radius 3 is 3.06 bits per heavy atom. The van der Waals surface area contributed by atoms with Gasteiger partial charge in [0.25, 0.3) is 0 Å². The fraction of sp³-hybridized carbons (Fsp3) is 0.538. The molecular weight excluding hydrogens is 202 g/mol. The topological polar surface area (TPSA) is 30.5 Å². The normalized spacial score (nSPS) is 19.8. The van der Waals surface area contributed by atoms with Crippen LogP contribution in [0.3, 0.4) is 0 Å². The van der Waals surface area contributed by atoms with Crippen LogP contribution in [-0.2, 0) is 4.74 Å². The van der Waals surface area contributed by atoms with E-state index >= 15 is 0 Å². The van der Waals surface area contributed by atoms with E-state index < -0.39 is 0 Å². The molecule has 0 spiro atoms. The summed E-state index contributed by atoms with van der Waals surface area (Å²) in [7, 11) is 1.71. The lowest BCUT2D eigenvalue weighted by Crippen LogP contribution is -2.14. The van der Waals surface area contributed by atoms with Crippen molar-refractivity contribution in [2.45, 2.75) is 13.3 Å². The van der Waals surface area contributed by atoms with E-state index in [4.69, 9.17) is 9.47 Å². The Balaban J connectivity index is 1.97. The monoisotopic (exact) mass is 221 g/mol. The molecule has 1 aliphatic heterocycles. The molecule has 1 aliphatic rings. The summed E-state index contributed by atoms with van der Waals surface area (Å²) in [5.74, 6) is 1.55. The second-order valence-electron chi connectivity index (χ2n) is 4.31. The van der Waals surface area contributed by atoms with Crippen molar-refractivity contribution in [1.29, 1.82) is 0 Å². The molecule has 16 heavy (non-hydrogen) atoms. The molecule has 2 rings (SSSR count). The van der Waals surface area contributed by atoms with E-state index in [9.17, 15) is 0 Å². The maximum absolute atomic E-state index is 5.35. The molecule has 1 saturated heterocycles. The number of ether oxygens (including phenoxy) is 2. The van der Waals surface area contributed by atoms with E-state index in [0.717, 1.165) is 37.6 Å². The zero-order valence-electron chi connectivity index (χ0n) is 9.95. The van der Waals surface area contributed by atoms with Gasteiger partial charge < -0.3 is 14.8 Å². The van der Waals surface area contributed by atoms with Gasteiger partial charge in [0, 0.05) is 19.1 Å². The number of nitrogens with one attached hydrogen (secondary N) is 1. The number of anilines is 1. The van der Waals surface area contributed by atoms with Gasteiger partial charge in [0.1, 0.15) is 5.75 Å². The van der Waals surface area contributed by atoms with Gasteiger partial charge in [-0.1, -0.05) is 6.07 Å². The fourth-order valence-corrected chi connectivity index (χ4v) is 1.94. The van der Waals surface area contributed by atoms with Gasteiger partial charge in [-0.2, -0.15) is 0 Å². The van der Waals surface area contributed by atoms with Gasteiger partial charge in [-0.05, 0) is 31.0 Å². The summed E-state index contributed by atoms with van der Waals surface area (Å²) in [5.41, 5.74) is 2.28. The molecule has 0 radical (unpaired) electrons. The van der Waals surface area contributed by atoms with E-state index in [1.54, 1.807) is 7.11 Å². The molecule has 3 heteroatoms. The molecule has 1 aromatic carbocycles. The third kappa shape index (κ3) is 2.67. The van der Waals surface area contributed by atoms with Crippen molar-refractivity contribution in [1.82, 2.24) is 0 Å². The number of aryl methyl sites for hydroxylation is 1. The number of hydrogen-bond donors (Lipinski definition) is 1. The van der Waals surface area contributed by atoms with Gasteiger partial charge in [0.05, 0.1) is 19.4 Å². The minimum absolute atomic E-state index is 0.631. The van der Waals surface area contributed by atoms with Gasteiger partial charge in [0.2, 0.25) is 0 Å². The smallest absolute Gasteiger partial charge is 0.142 e. The first kappa shape index (κ1) is 11.3. The molecule has 1 unspecified atom stereocenters. The molecule has 1 fully saturated rings. The Labute approximate surface area is 96.8 Å². The van der Waals surface area contributed by atoms with Gasteiger partial charge >= 0.3 is 0 Å². The highest BCUT2D eigenvalue weighted by atomic mass is 16.5. The summed E-state index contributed by atoms with van der Waals surface area (Å²) in [6.07, 6.45) is 1.15. The first-order valence-electron chi connectivity index (χ1n) is 5.76. The van der Waals surface area contributed by atoms with Crippen LogP contribution in [0.15, 0.2) is 18.2 Å². The predicted octanol–water partition coefficient (Wildman–Crippen LogP) is 2.45. The number of hydrogen-bond acceptors (Lipinski definition) is 3. The highest BCUT2D eigenvalue weighted by Gasteiger charge is 2.15. The second kappa shape index (κ2) is 5.21. The van der Waals surface area contributed by atoms with Crippen molar-refractivity contribution < 1.29 is 9.47 Å². The van der Waals surface area contributed by atoms with E-state index in [1.807, 2.05) is 6.07 Å². The maximum atomic E-state index is 5.35. The Bertz CT molecular complexity index is 346. The van der Waals surface area contributed by atoms with Gasteiger partial charge in [0.15, 0.2) is 0 Å². The van der Waals surface area contributed by atoms with Crippen molar-refractivity contribution >= 4 is 5.69 Å². The van der Waals surface area contributed by atoms with Crippen LogP contribution in [0.1, 0.15) is 12.0 Å². The zero-order valence-corrected chi connectivity index (χ0v) is 9.95. The number of methoxy groups -OCH3 is 1. The molecule has 1 atom stereocenters. The first-order chi connectivity index (χ1) is 7.79. The molecule has 0 aliphatic carbocycles. The predicted molar refractivity (Wildman–Crippen MR) is 65.1 cm³/mol. The quantitative estimate of drug-likeness (QED) is 0.847. The van der Waals surface area contributed by atoms with Crippen molar-refractivity contribution in [3.63, 3.8) is 0 Å². The van der Waals surface area contributed by atoms with Crippen LogP contribution in [-0.4, -0.2) is 26.9 Å². The van der Waals surface area contributed by atoms with E-state index in [1.165, 1.54) is 5.56 Å². The van der Waals surface area contributed by atoms with E-state index in [-0.39, 0.29) is 0 Å². The van der Waals surface area contributed by atoms with Crippen LogP contribution in [0.4, 0.5) is 5.69 Å². The van der Waals surface area contributed by atoms with E-state index in [2.05, 4.69) is 24.4 Å². The molecular formula is C13H19NO2. The van der Waals surface area contributed by atoms with Crippen molar-refractivity contribution in [3.05, 3.63) is 23.8 Å². The summed E-state index contributed by atoms with van der Waals surface area (Å²) in [4.78, 5) is 0. The maximum Gasteiger partial charge on any atom is 0.142 e. The molecule has 0 aromatic heterocycles. The summed E-state index contributed by atoms with van der Waals surface area (Å²) >= 11 is 0. The standard InChI is InChI=1S/C13H19NO2/c1-10-3-4-12(13(7-10)15-2)14-8-11-5-6-16-9-11/h3-4,7,11,14H,5-6,8-9H2,1-2H3. The second-order valence-corrected chi connectivity index (χ2v) is 4.31. The third-order valence-corrected chi connectivity index (χ3v) is 2.96. The fourth-order valence-electron chi connectivity index (χ4n) is 1.94. The number of rotatable bonds is 4. The average Bonchev–Trinajstić information content (AvgIpc) is 2.80. The van der Waals surface area contributed by atoms with Crippen molar-refractivity contribution in [3.8, 4) is 5.75 Å². The van der Waals surface area contributed by atoms with Crippen LogP contribution in [0, 0.1) is 12.8 Å². The molecule has 3 nitrogen and oxygen atoms in total. The van der Waals surface area contributed by atoms with Crippen LogP contribution in [0.2, 0.25) is 0 Å². The first-order valence-corrected chi connectivity index (χ1v) is 5.76. The van der Waals surface area contributed by atoms with E-state index in [0.29, 0.717) is 5.92 Å². The average molecular weight is 221 g/mol. The zero-order chi connectivity index (χ0) is 11.4. The molecule has 1 N–H and O–H groups in total. The Kier molecular flexibility index (Phi) is 3.67. The minimum Gasteiger partial charge on any atom is -0.495 e. The Hall–Kier alpha value is -1.22.